The summed E-state index contributed by atoms with van der Waals surface area (Å²) in [5, 5.41) is 9.40. The summed E-state index contributed by atoms with van der Waals surface area (Å²) in [6.45, 7) is 3.19. The maximum atomic E-state index is 12.0. The van der Waals surface area contributed by atoms with E-state index in [0.717, 1.165) is 0 Å². The van der Waals surface area contributed by atoms with Crippen LogP contribution >= 0.6 is 27.3 Å². The highest BCUT2D eigenvalue weighted by atomic mass is 79.9. The predicted molar refractivity (Wildman–Crippen MR) is 70.9 cm³/mol. The molecule has 1 aromatic heterocycles. The molecule has 0 fully saturated rings. The van der Waals surface area contributed by atoms with Gasteiger partial charge in [0.2, 0.25) is 0 Å². The zero-order chi connectivity index (χ0) is 13.2. The van der Waals surface area contributed by atoms with Gasteiger partial charge in [-0.15, -0.1) is 11.3 Å². The maximum Gasteiger partial charge on any atom is 0.322 e. The van der Waals surface area contributed by atoms with E-state index in [0.29, 0.717) is 9.35 Å². The van der Waals surface area contributed by atoms with Crippen LogP contribution in [0.5, 0.6) is 0 Å². The van der Waals surface area contributed by atoms with Crippen molar-refractivity contribution in [3.8, 4) is 0 Å². The molecule has 0 saturated heterocycles. The number of thiophene rings is 1. The van der Waals surface area contributed by atoms with Crippen LogP contribution < -0.4 is 0 Å². The first-order chi connectivity index (χ1) is 7.75. The maximum absolute atomic E-state index is 12.0. The van der Waals surface area contributed by atoms with Crippen LogP contribution in [0.2, 0.25) is 0 Å². The van der Waals surface area contributed by atoms with Crippen molar-refractivity contribution in [2.24, 2.45) is 5.92 Å². The van der Waals surface area contributed by atoms with Gasteiger partial charge in [-0.3, -0.25) is 4.79 Å². The summed E-state index contributed by atoms with van der Waals surface area (Å²) in [6, 6.07) is 1.75. The Bertz CT molecular complexity index is 504. The summed E-state index contributed by atoms with van der Waals surface area (Å²) in [5.74, 6) is -1.97. The highest BCUT2D eigenvalue weighted by Gasteiger charge is 2.35. The van der Waals surface area contributed by atoms with E-state index in [2.05, 4.69) is 15.9 Å². The summed E-state index contributed by atoms with van der Waals surface area (Å²) in [4.78, 5) is 11.6. The number of sulfone groups is 1. The molecule has 1 atom stereocenters. The molecule has 96 valence electrons. The van der Waals surface area contributed by atoms with Crippen LogP contribution in [0.15, 0.2) is 15.9 Å². The third kappa shape index (κ3) is 3.53. The molecule has 1 N–H and O–H groups in total. The Balaban J connectivity index is 3.03. The Labute approximate surface area is 113 Å². The number of halogens is 1. The van der Waals surface area contributed by atoms with Gasteiger partial charge in [0, 0.05) is 9.35 Å². The molecule has 0 aliphatic carbocycles. The summed E-state index contributed by atoms with van der Waals surface area (Å²) in [5.41, 5.74) is 0. The zero-order valence-electron chi connectivity index (χ0n) is 9.38. The van der Waals surface area contributed by atoms with E-state index < -0.39 is 27.0 Å². The van der Waals surface area contributed by atoms with Crippen molar-refractivity contribution < 1.29 is 18.3 Å². The molecule has 1 aromatic rings. The first kappa shape index (κ1) is 14.7. The Morgan fingerprint density at radius 2 is 2.12 bits per heavy atom. The van der Waals surface area contributed by atoms with E-state index in [-0.39, 0.29) is 5.75 Å². The molecule has 7 heteroatoms. The van der Waals surface area contributed by atoms with Crippen molar-refractivity contribution in [3.63, 3.8) is 0 Å². The largest absolute Gasteiger partial charge is 0.480 e. The molecule has 4 nitrogen and oxygen atoms in total. The van der Waals surface area contributed by atoms with Crippen LogP contribution in [-0.4, -0.2) is 24.7 Å². The molecule has 1 rings (SSSR count). The normalized spacial score (nSPS) is 13.9. The quantitative estimate of drug-likeness (QED) is 0.893. The van der Waals surface area contributed by atoms with E-state index in [1.54, 1.807) is 25.3 Å². The van der Waals surface area contributed by atoms with Gasteiger partial charge in [0.05, 0.1) is 5.75 Å². The van der Waals surface area contributed by atoms with Crippen molar-refractivity contribution in [2.45, 2.75) is 24.9 Å². The molecule has 0 aliphatic rings. The van der Waals surface area contributed by atoms with Crippen molar-refractivity contribution in [1.29, 1.82) is 0 Å². The molecule has 0 amide bonds. The van der Waals surface area contributed by atoms with Crippen molar-refractivity contribution in [1.82, 2.24) is 0 Å². The van der Waals surface area contributed by atoms with Crippen LogP contribution in [0.25, 0.3) is 0 Å². The number of rotatable bonds is 5. The first-order valence-electron chi connectivity index (χ1n) is 4.92. The Morgan fingerprint density at radius 3 is 2.47 bits per heavy atom. The summed E-state index contributed by atoms with van der Waals surface area (Å²) < 4.78 is 24.8. The smallest absolute Gasteiger partial charge is 0.322 e. The molecule has 0 radical (unpaired) electrons. The van der Waals surface area contributed by atoms with Crippen molar-refractivity contribution in [3.05, 3.63) is 20.8 Å². The second-order valence-electron chi connectivity index (χ2n) is 4.00. The lowest BCUT2D eigenvalue weighted by Crippen LogP contribution is -2.35. The Hall–Kier alpha value is -0.400. The average molecular weight is 341 g/mol. The minimum Gasteiger partial charge on any atom is -0.480 e. The fraction of sp³-hybridized carbons (Fsp3) is 0.500. The molecule has 1 heterocycles. The number of carbonyl (C=O) groups is 1. The van der Waals surface area contributed by atoms with Gasteiger partial charge in [-0.25, -0.2) is 8.42 Å². The lowest BCUT2D eigenvalue weighted by atomic mass is 10.1. The lowest BCUT2D eigenvalue weighted by molar-refractivity contribution is -0.137. The van der Waals surface area contributed by atoms with Gasteiger partial charge in [0.25, 0.3) is 0 Å². The molecule has 0 aliphatic heterocycles. The van der Waals surface area contributed by atoms with Crippen LogP contribution in [0.3, 0.4) is 0 Å². The van der Waals surface area contributed by atoms with E-state index in [9.17, 15) is 13.2 Å². The highest BCUT2D eigenvalue weighted by Crippen LogP contribution is 2.27. The van der Waals surface area contributed by atoms with E-state index in [4.69, 9.17) is 5.11 Å². The molecule has 0 aromatic carbocycles. The van der Waals surface area contributed by atoms with Crippen LogP contribution in [0, 0.1) is 5.92 Å². The number of aliphatic carboxylic acids is 1. The molecular weight excluding hydrogens is 328 g/mol. The van der Waals surface area contributed by atoms with Gasteiger partial charge in [0.15, 0.2) is 15.1 Å². The van der Waals surface area contributed by atoms with Gasteiger partial charge < -0.3 is 5.11 Å². The molecule has 0 saturated carbocycles. The average Bonchev–Trinajstić information content (AvgIpc) is 2.48. The highest BCUT2D eigenvalue weighted by molar-refractivity contribution is 9.10. The fourth-order valence-corrected chi connectivity index (χ4v) is 5.62. The third-order valence-corrected chi connectivity index (χ3v) is 6.58. The summed E-state index contributed by atoms with van der Waals surface area (Å²) >= 11 is 4.54. The Kier molecular flexibility index (Phi) is 4.74. The zero-order valence-corrected chi connectivity index (χ0v) is 12.6. The number of hydrogen-bond donors (Lipinski definition) is 1. The van der Waals surface area contributed by atoms with E-state index in [1.165, 1.54) is 11.3 Å². The molecule has 0 spiro atoms. The van der Waals surface area contributed by atoms with E-state index >= 15 is 0 Å². The summed E-state index contributed by atoms with van der Waals surface area (Å²) in [6.07, 6.45) is 0. The third-order valence-electron chi connectivity index (χ3n) is 2.26. The summed E-state index contributed by atoms with van der Waals surface area (Å²) in [7, 11) is -3.69. The Morgan fingerprint density at radius 1 is 1.53 bits per heavy atom. The van der Waals surface area contributed by atoms with Gasteiger partial charge in [-0.2, -0.15) is 0 Å². The van der Waals surface area contributed by atoms with E-state index in [1.807, 2.05) is 0 Å². The van der Waals surface area contributed by atoms with Crippen LogP contribution in [-0.2, 0) is 20.4 Å². The SMILES string of the molecule is CC(C)C(C(=O)O)S(=O)(=O)Cc1sccc1Br. The van der Waals surface area contributed by atoms with Crippen LogP contribution in [0.1, 0.15) is 18.7 Å². The number of carboxylic acid groups (broad SMARTS) is 1. The van der Waals surface area contributed by atoms with Crippen molar-refractivity contribution in [2.75, 3.05) is 0 Å². The standard InChI is InChI=1S/C10H13BrO4S2/c1-6(2)9(10(12)13)17(14,15)5-8-7(11)3-4-16-8/h3-4,6,9H,5H2,1-2H3,(H,12,13). The van der Waals surface area contributed by atoms with Crippen LogP contribution in [0.4, 0.5) is 0 Å². The molecular formula is C10H13BrO4S2. The first-order valence-corrected chi connectivity index (χ1v) is 8.30. The predicted octanol–water partition coefficient (Wildman–Crippen LogP) is 2.53. The minimum atomic E-state index is -3.69. The minimum absolute atomic E-state index is 0.236. The molecule has 0 bridgehead atoms. The second kappa shape index (κ2) is 5.49. The van der Waals surface area contributed by atoms with Gasteiger partial charge in [0.1, 0.15) is 0 Å². The topological polar surface area (TPSA) is 71.4 Å². The fourth-order valence-electron chi connectivity index (χ4n) is 1.55. The van der Waals surface area contributed by atoms with Gasteiger partial charge in [-0.05, 0) is 33.3 Å². The van der Waals surface area contributed by atoms with Gasteiger partial charge in [-0.1, -0.05) is 13.8 Å². The van der Waals surface area contributed by atoms with Crippen molar-refractivity contribution >= 4 is 43.1 Å². The monoisotopic (exact) mass is 340 g/mol. The second-order valence-corrected chi connectivity index (χ2v) is 7.98. The van der Waals surface area contributed by atoms with Gasteiger partial charge >= 0.3 is 5.97 Å². The molecule has 1 unspecified atom stereocenters. The number of hydrogen-bond acceptors (Lipinski definition) is 4. The number of carboxylic acids is 1. The lowest BCUT2D eigenvalue weighted by Gasteiger charge is -2.16. The molecule has 17 heavy (non-hydrogen) atoms.